The molecule has 0 saturated carbocycles. The Bertz CT molecular complexity index is 2650. The van der Waals surface area contributed by atoms with Gasteiger partial charge in [0.1, 0.15) is 0 Å². The highest BCUT2D eigenvalue weighted by atomic mass is 35.5. The molecule has 0 radical (unpaired) electrons. The van der Waals surface area contributed by atoms with Crippen LogP contribution in [0.3, 0.4) is 0 Å². The third kappa shape index (κ3) is 6.60. The zero-order valence-corrected chi connectivity index (χ0v) is 39.0. The van der Waals surface area contributed by atoms with Gasteiger partial charge in [0.15, 0.2) is 0 Å². The average Bonchev–Trinajstić information content (AvgIpc) is 3.19. The molecule has 0 aromatic heterocycles. The van der Waals surface area contributed by atoms with Crippen LogP contribution in [0.2, 0.25) is 10.0 Å². The monoisotopic (exact) mass is 820 g/mol. The number of rotatable bonds is 2. The van der Waals surface area contributed by atoms with Gasteiger partial charge in [-0.1, -0.05) is 236 Å². The lowest BCUT2D eigenvalue weighted by atomic mass is 9.20. The van der Waals surface area contributed by atoms with Crippen LogP contribution in [0.25, 0.3) is 43.1 Å². The summed E-state index contributed by atoms with van der Waals surface area (Å²) >= 11 is 15.2. The zero-order valence-electron chi connectivity index (χ0n) is 37.5. The molecular weight excluding hydrogens is 765 g/mol. The number of fused-ring (bicyclic) bond motifs is 6. The largest absolute Gasteiger partial charge is 0.241 e. The first-order valence-electron chi connectivity index (χ1n) is 21.7. The highest BCUT2D eigenvalue weighted by Gasteiger charge is 2.41. The Morgan fingerprint density at radius 2 is 0.517 bits per heavy atom. The second-order valence-corrected chi connectivity index (χ2v) is 22.4. The molecule has 0 amide bonds. The molecule has 0 unspecified atom stereocenters. The minimum Gasteiger partial charge on any atom is -0.0830 e. The van der Waals surface area contributed by atoms with Crippen LogP contribution in [0.4, 0.5) is 0 Å². The van der Waals surface area contributed by atoms with Gasteiger partial charge in [0.25, 0.3) is 0 Å². The maximum atomic E-state index is 7.62. The van der Waals surface area contributed by atoms with Crippen LogP contribution in [-0.2, 0) is 21.7 Å². The van der Waals surface area contributed by atoms with Gasteiger partial charge in [0, 0.05) is 21.5 Å². The predicted octanol–water partition coefficient (Wildman–Crippen LogP) is 12.1. The van der Waals surface area contributed by atoms with E-state index >= 15 is 0 Å². The number of halogens is 2. The van der Waals surface area contributed by atoms with E-state index in [1.165, 1.54) is 76.6 Å². The van der Waals surface area contributed by atoms with Crippen LogP contribution < -0.4 is 32.8 Å². The summed E-state index contributed by atoms with van der Waals surface area (Å²) in [5.41, 5.74) is 13.0. The van der Waals surface area contributed by atoms with Gasteiger partial charge < -0.3 is 0 Å². The molecule has 300 valence electrons. The minimum absolute atomic E-state index is 0.0252. The zero-order chi connectivity index (χ0) is 42.8. The highest BCUT2D eigenvalue weighted by molar-refractivity contribution is 7.13. The molecule has 1 aliphatic heterocycles. The lowest BCUT2D eigenvalue weighted by Gasteiger charge is -2.34. The van der Waals surface area contributed by atoms with Gasteiger partial charge >= 0.3 is 0 Å². The minimum atomic E-state index is -0.0262. The molecule has 0 saturated heterocycles. The SMILES string of the molecule is CC(C)(C)c1ccc2c(B3c4ccccc4B(c4c5ccc(C(C)(C)C)cc5c(Cl)c5cc(C(C)(C)C)ccc45)c4ccccc43)c3ccc(C(C)(C)C)cc3c(Cl)c2c1. The van der Waals surface area contributed by atoms with Crippen LogP contribution in [-0.4, -0.2) is 13.4 Å². The Kier molecular flexibility index (Phi) is 9.56. The predicted molar refractivity (Wildman–Crippen MR) is 270 cm³/mol. The van der Waals surface area contributed by atoms with Crippen molar-refractivity contribution in [2.24, 2.45) is 0 Å². The molecule has 0 nitrogen and oxygen atoms in total. The van der Waals surface area contributed by atoms with Gasteiger partial charge in [-0.15, -0.1) is 0 Å². The quantitative estimate of drug-likeness (QED) is 0.120. The summed E-state index contributed by atoms with van der Waals surface area (Å²) in [7, 11) is 0. The average molecular weight is 822 g/mol. The van der Waals surface area contributed by atoms with Crippen LogP contribution in [0.1, 0.15) is 105 Å². The van der Waals surface area contributed by atoms with Crippen molar-refractivity contribution in [3.63, 3.8) is 0 Å². The van der Waals surface area contributed by atoms with E-state index in [0.29, 0.717) is 0 Å². The van der Waals surface area contributed by atoms with Crippen molar-refractivity contribution in [3.8, 4) is 0 Å². The van der Waals surface area contributed by atoms with Gasteiger partial charge in [0.2, 0.25) is 13.4 Å². The first-order valence-corrected chi connectivity index (χ1v) is 22.5. The molecule has 8 aromatic rings. The van der Waals surface area contributed by atoms with Crippen molar-refractivity contribution in [1.82, 2.24) is 0 Å². The molecule has 0 bridgehead atoms. The van der Waals surface area contributed by atoms with Gasteiger partial charge in [0.05, 0.1) is 10.0 Å². The Balaban J connectivity index is 1.40. The molecule has 4 heteroatoms. The summed E-state index contributed by atoms with van der Waals surface area (Å²) < 4.78 is 0. The molecule has 9 rings (SSSR count). The van der Waals surface area contributed by atoms with Gasteiger partial charge in [-0.25, -0.2) is 0 Å². The summed E-state index contributed by atoms with van der Waals surface area (Å²) in [5, 5.41) is 11.0. The number of hydrogen-bond donors (Lipinski definition) is 0. The third-order valence-corrected chi connectivity index (χ3v) is 14.3. The maximum absolute atomic E-state index is 7.62. The Morgan fingerprint density at radius 3 is 0.717 bits per heavy atom. The molecule has 8 aromatic carbocycles. The van der Waals surface area contributed by atoms with Gasteiger partial charge in [-0.2, -0.15) is 0 Å². The topological polar surface area (TPSA) is 0 Å². The van der Waals surface area contributed by atoms with Crippen LogP contribution in [0, 0.1) is 0 Å². The Hall–Kier alpha value is -4.49. The van der Waals surface area contributed by atoms with Crippen LogP contribution in [0.5, 0.6) is 0 Å². The smallest absolute Gasteiger partial charge is 0.0830 e. The van der Waals surface area contributed by atoms with Crippen molar-refractivity contribution in [2.45, 2.75) is 105 Å². The fourth-order valence-corrected chi connectivity index (χ4v) is 10.6. The van der Waals surface area contributed by atoms with E-state index in [-0.39, 0.29) is 35.1 Å². The van der Waals surface area contributed by atoms with E-state index in [4.69, 9.17) is 23.2 Å². The van der Waals surface area contributed by atoms with E-state index in [2.05, 4.69) is 204 Å². The van der Waals surface area contributed by atoms with E-state index in [1.807, 2.05) is 0 Å². The van der Waals surface area contributed by atoms with Crippen molar-refractivity contribution in [2.75, 3.05) is 0 Å². The van der Waals surface area contributed by atoms with E-state index in [9.17, 15) is 0 Å². The Morgan fingerprint density at radius 1 is 0.300 bits per heavy atom. The molecule has 1 aliphatic rings. The number of benzene rings is 8. The Labute approximate surface area is 368 Å². The molecular formula is C56H56B2Cl2. The second-order valence-electron chi connectivity index (χ2n) is 21.6. The van der Waals surface area contributed by atoms with Crippen LogP contribution in [0.15, 0.2) is 121 Å². The fourth-order valence-electron chi connectivity index (χ4n) is 9.94. The molecule has 0 spiro atoms. The number of hydrogen-bond acceptors (Lipinski definition) is 0. The summed E-state index contributed by atoms with van der Waals surface area (Å²) in [6, 6.07) is 46.6. The lowest BCUT2D eigenvalue weighted by molar-refractivity contribution is 0.590. The first kappa shape index (κ1) is 40.9. The molecule has 0 aliphatic carbocycles. The molecule has 60 heavy (non-hydrogen) atoms. The molecule has 1 heterocycles. The second kappa shape index (κ2) is 14.0. The van der Waals surface area contributed by atoms with Crippen molar-refractivity contribution >= 4 is 112 Å². The van der Waals surface area contributed by atoms with E-state index in [0.717, 1.165) is 31.6 Å². The lowest BCUT2D eigenvalue weighted by Crippen LogP contribution is -2.75. The van der Waals surface area contributed by atoms with Gasteiger partial charge in [-0.05, 0) is 89.7 Å². The van der Waals surface area contributed by atoms with E-state index < -0.39 is 0 Å². The summed E-state index contributed by atoms with van der Waals surface area (Å²) in [4.78, 5) is 0. The van der Waals surface area contributed by atoms with Crippen molar-refractivity contribution in [3.05, 3.63) is 154 Å². The highest BCUT2D eigenvalue weighted by Crippen LogP contribution is 2.39. The summed E-state index contributed by atoms with van der Waals surface area (Å²) in [6.45, 7) is 27.4. The summed E-state index contributed by atoms with van der Waals surface area (Å²) in [6.07, 6.45) is 0. The first-order chi connectivity index (χ1) is 28.1. The van der Waals surface area contributed by atoms with Gasteiger partial charge in [-0.3, -0.25) is 0 Å². The normalized spacial score (nSPS) is 13.8. The van der Waals surface area contributed by atoms with Crippen LogP contribution >= 0.6 is 23.2 Å². The maximum Gasteiger partial charge on any atom is 0.241 e. The van der Waals surface area contributed by atoms with Crippen molar-refractivity contribution < 1.29 is 0 Å². The third-order valence-electron chi connectivity index (χ3n) is 13.5. The summed E-state index contributed by atoms with van der Waals surface area (Å²) in [5.74, 6) is 0. The molecule has 0 N–H and O–H groups in total. The standard InChI is InChI=1S/C56H56B2Cl2/c1-53(2,3)33-21-25-37-41(29-33)51(59)42-30-34(54(4,5)6)22-26-38(42)49(37)57-45-17-13-15-19-47(45)58(48-20-16-14-18-46(48)57)50-39-27-23-35(55(7,8)9)31-43(39)52(60)44-32-36(56(10,11)12)24-28-40(44)50/h13-32H,1-12H3. The molecule has 0 fully saturated rings. The molecule has 0 atom stereocenters. The van der Waals surface area contributed by atoms with E-state index in [1.54, 1.807) is 0 Å². The fraction of sp³-hybridized carbons (Fsp3) is 0.286. The van der Waals surface area contributed by atoms with Crippen molar-refractivity contribution in [1.29, 1.82) is 0 Å².